The van der Waals surface area contributed by atoms with Crippen LogP contribution in [0.2, 0.25) is 0 Å². The Bertz CT molecular complexity index is 426. The third kappa shape index (κ3) is 2.85. The maximum absolute atomic E-state index is 11.4. The molecule has 7 nitrogen and oxygen atoms in total. The quantitative estimate of drug-likeness (QED) is 0.563. The predicted molar refractivity (Wildman–Crippen MR) is 56.3 cm³/mol. The third-order valence-electron chi connectivity index (χ3n) is 2.12. The smallest absolute Gasteiger partial charge is 0.491 e. The minimum absolute atomic E-state index is 0.0191. The van der Waals surface area contributed by atoms with E-state index in [0.29, 0.717) is 5.76 Å². The van der Waals surface area contributed by atoms with Crippen molar-refractivity contribution in [1.29, 1.82) is 0 Å². The lowest BCUT2D eigenvalue weighted by atomic mass is 9.90. The normalized spacial score (nSPS) is 18.4. The van der Waals surface area contributed by atoms with Crippen LogP contribution in [0.5, 0.6) is 0 Å². The Balaban J connectivity index is 2.16. The van der Waals surface area contributed by atoms with Gasteiger partial charge in [0.15, 0.2) is 0 Å². The van der Waals surface area contributed by atoms with E-state index in [1.165, 1.54) is 11.1 Å². The fourth-order valence-corrected chi connectivity index (χ4v) is 1.42. The van der Waals surface area contributed by atoms with E-state index < -0.39 is 19.1 Å². The van der Waals surface area contributed by atoms with Crippen molar-refractivity contribution in [2.45, 2.75) is 6.92 Å². The third-order valence-corrected chi connectivity index (χ3v) is 2.12. The van der Waals surface area contributed by atoms with E-state index in [0.717, 1.165) is 0 Å². The van der Waals surface area contributed by atoms with Gasteiger partial charge in [0, 0.05) is 0 Å². The standard InChI is InChI=1S/C9H11BN2O5/c1-6-3-11-9(15-6)10-16-7(13)4-12(2)5-8(14)17-10/h3H,4-5H2,1-2H3. The van der Waals surface area contributed by atoms with Gasteiger partial charge in [0.25, 0.3) is 5.79 Å². The molecule has 0 saturated carbocycles. The Labute approximate surface area is 97.8 Å². The number of carbonyl (C=O) groups is 2. The first kappa shape index (κ1) is 11.7. The molecule has 0 aliphatic carbocycles. The zero-order chi connectivity index (χ0) is 12.4. The molecule has 8 heteroatoms. The first-order chi connectivity index (χ1) is 8.04. The number of likely N-dealkylation sites (N-methyl/N-ethyl adjacent to an activating group) is 1. The van der Waals surface area contributed by atoms with Crippen LogP contribution in [0.15, 0.2) is 10.6 Å². The van der Waals surface area contributed by atoms with E-state index in [9.17, 15) is 9.59 Å². The molecule has 1 aliphatic rings. The summed E-state index contributed by atoms with van der Waals surface area (Å²) in [6.45, 7) is 1.73. The second-order valence-electron chi connectivity index (χ2n) is 3.79. The minimum atomic E-state index is -1.20. The maximum Gasteiger partial charge on any atom is 0.695 e. The summed E-state index contributed by atoms with van der Waals surface area (Å²) in [4.78, 5) is 28.2. The van der Waals surface area contributed by atoms with Crippen molar-refractivity contribution in [2.24, 2.45) is 0 Å². The number of rotatable bonds is 1. The molecule has 2 rings (SSSR count). The van der Waals surface area contributed by atoms with Gasteiger partial charge in [-0.3, -0.25) is 14.5 Å². The zero-order valence-electron chi connectivity index (χ0n) is 9.50. The van der Waals surface area contributed by atoms with Gasteiger partial charge in [0.1, 0.15) is 5.76 Å². The highest BCUT2D eigenvalue weighted by Crippen LogP contribution is 2.01. The van der Waals surface area contributed by atoms with Gasteiger partial charge >= 0.3 is 19.1 Å². The van der Waals surface area contributed by atoms with E-state index in [4.69, 9.17) is 13.7 Å². The number of hydrogen-bond acceptors (Lipinski definition) is 7. The number of carbonyl (C=O) groups excluding carboxylic acids is 2. The van der Waals surface area contributed by atoms with Gasteiger partial charge in [0.2, 0.25) is 0 Å². The van der Waals surface area contributed by atoms with Crippen LogP contribution >= 0.6 is 0 Å². The van der Waals surface area contributed by atoms with Crippen LogP contribution in [0.3, 0.4) is 0 Å². The fourth-order valence-electron chi connectivity index (χ4n) is 1.42. The summed E-state index contributed by atoms with van der Waals surface area (Å²) in [6.07, 6.45) is 1.46. The Hall–Kier alpha value is -1.83. The van der Waals surface area contributed by atoms with Crippen LogP contribution in [0, 0.1) is 6.92 Å². The van der Waals surface area contributed by atoms with E-state index >= 15 is 0 Å². The first-order valence-electron chi connectivity index (χ1n) is 5.04. The van der Waals surface area contributed by atoms with E-state index in [1.807, 2.05) is 0 Å². The average Bonchev–Trinajstić information content (AvgIpc) is 2.61. The van der Waals surface area contributed by atoms with Gasteiger partial charge in [0.05, 0.1) is 19.3 Å². The summed E-state index contributed by atoms with van der Waals surface area (Å²) in [6, 6.07) is 0. The monoisotopic (exact) mass is 238 g/mol. The number of aromatic nitrogens is 1. The Morgan fingerprint density at radius 1 is 1.29 bits per heavy atom. The molecule has 1 aromatic rings. The Morgan fingerprint density at radius 2 is 1.88 bits per heavy atom. The van der Waals surface area contributed by atoms with Gasteiger partial charge in [-0.15, -0.1) is 0 Å². The van der Waals surface area contributed by atoms with Crippen molar-refractivity contribution in [3.63, 3.8) is 0 Å². The van der Waals surface area contributed by atoms with Crippen molar-refractivity contribution in [2.75, 3.05) is 20.1 Å². The minimum Gasteiger partial charge on any atom is -0.491 e. The van der Waals surface area contributed by atoms with Crippen molar-refractivity contribution in [1.82, 2.24) is 9.88 Å². The molecule has 1 saturated heterocycles. The van der Waals surface area contributed by atoms with Crippen LogP contribution in [0.25, 0.3) is 0 Å². The summed E-state index contributed by atoms with van der Waals surface area (Å²) in [7, 11) is 0.426. The zero-order valence-corrected chi connectivity index (χ0v) is 9.50. The van der Waals surface area contributed by atoms with Crippen LogP contribution in [0.4, 0.5) is 0 Å². The lowest BCUT2D eigenvalue weighted by molar-refractivity contribution is -0.145. The molecule has 1 aliphatic heterocycles. The molecule has 0 bridgehead atoms. The highest BCUT2D eigenvalue weighted by atomic mass is 16.6. The summed E-state index contributed by atoms with van der Waals surface area (Å²) < 4.78 is 15.1. The SMILES string of the molecule is Cc1cnc(B2OC(=O)CN(C)CC(=O)O2)o1. The van der Waals surface area contributed by atoms with Gasteiger partial charge < -0.3 is 13.7 Å². The molecular formula is C9H11BN2O5. The molecule has 0 radical (unpaired) electrons. The molecule has 2 heterocycles. The summed E-state index contributed by atoms with van der Waals surface area (Å²) in [5.41, 5.74) is 0. The highest BCUT2D eigenvalue weighted by Gasteiger charge is 2.38. The van der Waals surface area contributed by atoms with Crippen LogP contribution < -0.4 is 5.79 Å². The van der Waals surface area contributed by atoms with Gasteiger partial charge in [-0.25, -0.2) is 4.98 Å². The maximum atomic E-state index is 11.4. The molecule has 1 aromatic heterocycles. The van der Waals surface area contributed by atoms with E-state index in [1.54, 1.807) is 14.0 Å². The van der Waals surface area contributed by atoms with Gasteiger partial charge in [-0.1, -0.05) is 0 Å². The summed E-state index contributed by atoms with van der Waals surface area (Å²) >= 11 is 0. The molecule has 0 N–H and O–H groups in total. The molecular weight excluding hydrogens is 227 g/mol. The largest absolute Gasteiger partial charge is 0.695 e. The van der Waals surface area contributed by atoms with Crippen molar-refractivity contribution in [3.8, 4) is 0 Å². The Kier molecular flexibility index (Phi) is 3.14. The second kappa shape index (κ2) is 4.58. The molecule has 0 aromatic carbocycles. The number of nitrogens with zero attached hydrogens (tertiary/aromatic N) is 2. The molecule has 1 fully saturated rings. The van der Waals surface area contributed by atoms with Crippen LogP contribution in [-0.2, 0) is 18.9 Å². The van der Waals surface area contributed by atoms with Crippen molar-refractivity contribution < 1.29 is 23.3 Å². The molecule has 90 valence electrons. The second-order valence-corrected chi connectivity index (χ2v) is 3.79. The average molecular weight is 238 g/mol. The van der Waals surface area contributed by atoms with Crippen LogP contribution in [-0.4, -0.2) is 49.1 Å². The molecule has 0 amide bonds. The number of hydrogen-bond donors (Lipinski definition) is 0. The topological polar surface area (TPSA) is 81.9 Å². The van der Waals surface area contributed by atoms with Crippen LogP contribution in [0.1, 0.15) is 5.76 Å². The van der Waals surface area contributed by atoms with Gasteiger partial charge in [-0.05, 0) is 14.0 Å². The fraction of sp³-hybridized carbons (Fsp3) is 0.444. The summed E-state index contributed by atoms with van der Waals surface area (Å²) in [5.74, 6) is -0.387. The van der Waals surface area contributed by atoms with Crippen molar-refractivity contribution in [3.05, 3.63) is 12.0 Å². The van der Waals surface area contributed by atoms with Gasteiger partial charge in [-0.2, -0.15) is 0 Å². The van der Waals surface area contributed by atoms with E-state index in [2.05, 4.69) is 4.98 Å². The predicted octanol–water partition coefficient (Wildman–Crippen LogP) is -1.29. The number of oxazole rings is 1. The molecule has 0 atom stereocenters. The first-order valence-corrected chi connectivity index (χ1v) is 5.04. The lowest BCUT2D eigenvalue weighted by Gasteiger charge is -2.20. The molecule has 0 spiro atoms. The lowest BCUT2D eigenvalue weighted by Crippen LogP contribution is -2.48. The molecule has 0 unspecified atom stereocenters. The summed E-state index contributed by atoms with van der Waals surface area (Å²) in [5, 5.41) is 0. The van der Waals surface area contributed by atoms with Crippen molar-refractivity contribution >= 4 is 24.8 Å². The number of aryl methyl sites for hydroxylation is 1. The highest BCUT2D eigenvalue weighted by molar-refractivity contribution is 6.62. The molecule has 17 heavy (non-hydrogen) atoms. The Morgan fingerprint density at radius 3 is 2.35 bits per heavy atom. The van der Waals surface area contributed by atoms with E-state index in [-0.39, 0.29) is 18.9 Å².